The monoisotopic (exact) mass is 474 g/mol. The quantitative estimate of drug-likeness (QED) is 0.497. The maximum Gasteiger partial charge on any atom is 0.257 e. The first kappa shape index (κ1) is 16.4. The van der Waals surface area contributed by atoms with Gasteiger partial charge in [-0.15, -0.1) is 0 Å². The molecule has 2 N–H and O–H groups in total. The molecular weight excluding hydrogens is 463 g/mol. The topological polar surface area (TPSA) is 41.1 Å². The number of anilines is 1. The largest absolute Gasteiger partial charge is 0.331 e. The number of benzene rings is 2. The standard InChI is InChI=1S/C15H12BrIN2OS/c1-9-5-6-13(12(16)7-9)18-15(21)19-14(20)10-3-2-4-11(17)8-10/h2-8H,1H3,(H2,18,19,20,21). The number of nitrogens with one attached hydrogen (secondary N) is 2. The first-order valence-electron chi connectivity index (χ1n) is 6.10. The second kappa shape index (κ2) is 7.33. The Bertz CT molecular complexity index is 706. The summed E-state index contributed by atoms with van der Waals surface area (Å²) in [6.45, 7) is 2.01. The SMILES string of the molecule is Cc1ccc(NC(=S)NC(=O)c2cccc(I)c2)c(Br)c1. The third-order valence-electron chi connectivity index (χ3n) is 2.69. The molecular formula is C15H12BrIN2OS. The van der Waals surface area contributed by atoms with Crippen molar-refractivity contribution in [2.45, 2.75) is 6.92 Å². The molecule has 2 rings (SSSR count). The number of rotatable bonds is 2. The maximum atomic E-state index is 12.1. The summed E-state index contributed by atoms with van der Waals surface area (Å²) in [6, 6.07) is 13.2. The van der Waals surface area contributed by atoms with E-state index >= 15 is 0 Å². The number of hydrogen-bond donors (Lipinski definition) is 2. The summed E-state index contributed by atoms with van der Waals surface area (Å²) < 4.78 is 1.90. The van der Waals surface area contributed by atoms with Crippen LogP contribution in [-0.2, 0) is 0 Å². The van der Waals surface area contributed by atoms with E-state index in [-0.39, 0.29) is 11.0 Å². The summed E-state index contributed by atoms with van der Waals surface area (Å²) in [6.07, 6.45) is 0. The molecule has 1 amide bonds. The molecule has 2 aromatic carbocycles. The maximum absolute atomic E-state index is 12.1. The Balaban J connectivity index is 2.03. The number of halogens is 2. The van der Waals surface area contributed by atoms with Crippen molar-refractivity contribution in [2.24, 2.45) is 0 Å². The molecule has 21 heavy (non-hydrogen) atoms. The molecule has 0 unspecified atom stereocenters. The smallest absolute Gasteiger partial charge is 0.257 e. The van der Waals surface area contributed by atoms with Gasteiger partial charge < -0.3 is 5.32 Å². The van der Waals surface area contributed by atoms with E-state index < -0.39 is 0 Å². The zero-order valence-corrected chi connectivity index (χ0v) is 15.7. The third kappa shape index (κ3) is 4.76. The van der Waals surface area contributed by atoms with E-state index in [1.165, 1.54) is 0 Å². The number of aryl methyl sites for hydroxylation is 1. The van der Waals surface area contributed by atoms with Gasteiger partial charge in [-0.05, 0) is 93.6 Å². The number of amides is 1. The van der Waals surface area contributed by atoms with E-state index in [1.807, 2.05) is 37.3 Å². The minimum absolute atomic E-state index is 0.228. The predicted octanol–water partition coefficient (Wildman–Crippen LogP) is 4.49. The molecule has 0 atom stereocenters. The van der Waals surface area contributed by atoms with Crippen LogP contribution >= 0.6 is 50.7 Å². The Morgan fingerprint density at radius 1 is 1.24 bits per heavy atom. The van der Waals surface area contributed by atoms with Crippen molar-refractivity contribution in [1.29, 1.82) is 0 Å². The Morgan fingerprint density at radius 2 is 2.00 bits per heavy atom. The van der Waals surface area contributed by atoms with Crippen molar-refractivity contribution < 1.29 is 4.79 Å². The summed E-state index contributed by atoms with van der Waals surface area (Å²) in [5, 5.41) is 5.94. The van der Waals surface area contributed by atoms with Crippen molar-refractivity contribution in [1.82, 2.24) is 5.32 Å². The molecule has 0 radical (unpaired) electrons. The molecule has 0 spiro atoms. The zero-order chi connectivity index (χ0) is 15.4. The van der Waals surface area contributed by atoms with Crippen molar-refractivity contribution in [3.8, 4) is 0 Å². The summed E-state index contributed by atoms with van der Waals surface area (Å²) in [4.78, 5) is 12.1. The predicted molar refractivity (Wildman–Crippen MR) is 102 cm³/mol. The summed E-state index contributed by atoms with van der Waals surface area (Å²) in [5.41, 5.74) is 2.53. The second-order valence-electron chi connectivity index (χ2n) is 4.40. The number of carbonyl (C=O) groups excluding carboxylic acids is 1. The van der Waals surface area contributed by atoms with Gasteiger partial charge in [0.2, 0.25) is 0 Å². The van der Waals surface area contributed by atoms with Crippen molar-refractivity contribution >= 4 is 67.4 Å². The molecule has 0 bridgehead atoms. The molecule has 0 aliphatic rings. The highest BCUT2D eigenvalue weighted by atomic mass is 127. The van der Waals surface area contributed by atoms with E-state index in [0.29, 0.717) is 5.56 Å². The number of hydrogen-bond acceptors (Lipinski definition) is 2. The van der Waals surface area contributed by atoms with Crippen LogP contribution in [0.5, 0.6) is 0 Å². The van der Waals surface area contributed by atoms with Gasteiger partial charge in [0.15, 0.2) is 5.11 Å². The average molecular weight is 475 g/mol. The van der Waals surface area contributed by atoms with E-state index in [9.17, 15) is 4.79 Å². The number of thiocarbonyl (C=S) groups is 1. The second-order valence-corrected chi connectivity index (χ2v) is 6.91. The van der Waals surface area contributed by atoms with Crippen LogP contribution in [0.4, 0.5) is 5.69 Å². The minimum Gasteiger partial charge on any atom is -0.331 e. The Labute approximate surface area is 150 Å². The van der Waals surface area contributed by atoms with Gasteiger partial charge in [-0.1, -0.05) is 12.1 Å². The van der Waals surface area contributed by atoms with Crippen molar-refractivity contribution in [3.63, 3.8) is 0 Å². The van der Waals surface area contributed by atoms with Crippen LogP contribution in [-0.4, -0.2) is 11.0 Å². The molecule has 0 fully saturated rings. The van der Waals surface area contributed by atoms with Crippen molar-refractivity contribution in [2.75, 3.05) is 5.32 Å². The lowest BCUT2D eigenvalue weighted by molar-refractivity contribution is 0.0977. The van der Waals surface area contributed by atoms with Crippen LogP contribution < -0.4 is 10.6 Å². The van der Waals surface area contributed by atoms with Crippen LogP contribution in [0.1, 0.15) is 15.9 Å². The molecule has 0 aromatic heterocycles. The van der Waals surface area contributed by atoms with Crippen LogP contribution in [0.25, 0.3) is 0 Å². The van der Waals surface area contributed by atoms with Crippen LogP contribution in [0.15, 0.2) is 46.9 Å². The van der Waals surface area contributed by atoms with Gasteiger partial charge in [-0.25, -0.2) is 0 Å². The van der Waals surface area contributed by atoms with E-state index in [4.69, 9.17) is 12.2 Å². The summed E-state index contributed by atoms with van der Waals surface area (Å²) in [5.74, 6) is -0.228. The van der Waals surface area contributed by atoms with Gasteiger partial charge in [-0.2, -0.15) is 0 Å². The first-order valence-corrected chi connectivity index (χ1v) is 8.38. The van der Waals surface area contributed by atoms with Gasteiger partial charge in [-0.3, -0.25) is 10.1 Å². The Kier molecular flexibility index (Phi) is 5.72. The lowest BCUT2D eigenvalue weighted by Gasteiger charge is -2.11. The summed E-state index contributed by atoms with van der Waals surface area (Å²) in [7, 11) is 0. The lowest BCUT2D eigenvalue weighted by atomic mass is 10.2. The van der Waals surface area contributed by atoms with Gasteiger partial charge in [0.25, 0.3) is 5.91 Å². The first-order chi connectivity index (χ1) is 9.95. The highest BCUT2D eigenvalue weighted by Crippen LogP contribution is 2.23. The van der Waals surface area contributed by atoms with Crippen LogP contribution in [0, 0.1) is 10.5 Å². The third-order valence-corrected chi connectivity index (χ3v) is 4.22. The highest BCUT2D eigenvalue weighted by Gasteiger charge is 2.09. The van der Waals surface area contributed by atoms with Gasteiger partial charge in [0.05, 0.1) is 5.69 Å². The Morgan fingerprint density at radius 3 is 2.67 bits per heavy atom. The molecule has 3 nitrogen and oxygen atoms in total. The van der Waals surface area contributed by atoms with Gasteiger partial charge in [0, 0.05) is 13.6 Å². The molecule has 0 saturated heterocycles. The fourth-order valence-electron chi connectivity index (χ4n) is 1.68. The minimum atomic E-state index is -0.228. The van der Waals surface area contributed by atoms with Crippen LogP contribution in [0.3, 0.4) is 0 Å². The van der Waals surface area contributed by atoms with Crippen LogP contribution in [0.2, 0.25) is 0 Å². The molecule has 108 valence electrons. The molecule has 0 aliphatic carbocycles. The Hall–Kier alpha value is -0.990. The number of carbonyl (C=O) groups is 1. The zero-order valence-electron chi connectivity index (χ0n) is 11.1. The normalized spacial score (nSPS) is 10.0. The fourth-order valence-corrected chi connectivity index (χ4v) is 3.02. The molecule has 0 heterocycles. The molecule has 6 heteroatoms. The molecule has 2 aromatic rings. The van der Waals surface area contributed by atoms with Gasteiger partial charge in [0.1, 0.15) is 0 Å². The highest BCUT2D eigenvalue weighted by molar-refractivity contribution is 14.1. The van der Waals surface area contributed by atoms with Crippen molar-refractivity contribution in [3.05, 3.63) is 61.6 Å². The van der Waals surface area contributed by atoms with E-state index in [2.05, 4.69) is 49.2 Å². The summed E-state index contributed by atoms with van der Waals surface area (Å²) >= 11 is 10.8. The van der Waals surface area contributed by atoms with E-state index in [1.54, 1.807) is 12.1 Å². The molecule has 0 aliphatic heterocycles. The average Bonchev–Trinajstić information content (AvgIpc) is 2.42. The van der Waals surface area contributed by atoms with Gasteiger partial charge >= 0.3 is 0 Å². The molecule has 0 saturated carbocycles. The lowest BCUT2D eigenvalue weighted by Crippen LogP contribution is -2.34. The van der Waals surface area contributed by atoms with E-state index in [0.717, 1.165) is 19.3 Å². The fraction of sp³-hybridized carbons (Fsp3) is 0.0667.